The Hall–Kier alpha value is -0.340. The van der Waals surface area contributed by atoms with Crippen molar-refractivity contribution in [1.82, 2.24) is 0 Å². The minimum atomic E-state index is -5.03. The van der Waals surface area contributed by atoms with Crippen LogP contribution in [0.1, 0.15) is 0 Å². The summed E-state index contributed by atoms with van der Waals surface area (Å²) in [6.45, 7) is 0. The first kappa shape index (κ1) is 9.66. The lowest BCUT2D eigenvalue weighted by Gasteiger charge is -2.10. The van der Waals surface area contributed by atoms with Gasteiger partial charge in [0.05, 0.1) is 0 Å². The maximum Gasteiger partial charge on any atom is 0.400 e. The van der Waals surface area contributed by atoms with Crippen molar-refractivity contribution in [3.05, 3.63) is 0 Å². The molecule has 0 radical (unpaired) electrons. The first-order valence-electron chi connectivity index (χ1n) is 1.91. The van der Waals surface area contributed by atoms with Crippen molar-refractivity contribution in [3.63, 3.8) is 0 Å². The maximum absolute atomic E-state index is 11.7. The van der Waals surface area contributed by atoms with Crippen LogP contribution in [0.3, 0.4) is 0 Å². The fourth-order valence-electron chi connectivity index (χ4n) is 0.198. The van der Waals surface area contributed by atoms with E-state index in [1.54, 1.807) is 0 Å². The quantitative estimate of drug-likeness (QED) is 0.579. The van der Waals surface area contributed by atoms with Gasteiger partial charge >= 0.3 is 11.6 Å². The molecule has 0 aliphatic rings. The summed E-state index contributed by atoms with van der Waals surface area (Å²) >= 11 is 0. The molecule has 0 saturated carbocycles. The average Bonchev–Trinajstić information content (AvgIpc) is 1.59. The molecule has 0 fully saturated rings. The Kier molecular flexibility index (Phi) is 2.28. The molecule has 1 unspecified atom stereocenters. The monoisotopic (exact) mass is 179 g/mol. The second kappa shape index (κ2) is 2.36. The fraction of sp³-hybridized carbons (Fsp3) is 1.00. The van der Waals surface area contributed by atoms with Gasteiger partial charge in [0.2, 0.25) is 0 Å². The van der Waals surface area contributed by atoms with Crippen LogP contribution in [0.4, 0.5) is 13.2 Å². The molecule has 3 N–H and O–H groups in total. The number of rotatable bonds is 2. The van der Waals surface area contributed by atoms with Gasteiger partial charge in [-0.2, -0.15) is 8.78 Å². The third-order valence-corrected chi connectivity index (χ3v) is 1.42. The summed E-state index contributed by atoms with van der Waals surface area (Å²) in [6.07, 6.45) is -4.94. The molecule has 8 heteroatoms. The van der Waals surface area contributed by atoms with Gasteiger partial charge < -0.3 is 5.11 Å². The SMILES string of the molecule is NS(=O)(=O)C(F)C(O)(F)F. The van der Waals surface area contributed by atoms with Crippen molar-refractivity contribution in [2.24, 2.45) is 5.14 Å². The number of hydrogen-bond acceptors (Lipinski definition) is 3. The molecule has 0 aromatic rings. The van der Waals surface area contributed by atoms with Gasteiger partial charge in [-0.1, -0.05) is 0 Å². The van der Waals surface area contributed by atoms with Crippen LogP contribution in [-0.4, -0.2) is 25.1 Å². The predicted octanol–water partition coefficient (Wildman–Crippen LogP) is -0.844. The number of alkyl halides is 3. The molecule has 0 aromatic heterocycles. The van der Waals surface area contributed by atoms with Crippen LogP contribution in [0.15, 0.2) is 0 Å². The molecule has 0 aromatic carbocycles. The van der Waals surface area contributed by atoms with Gasteiger partial charge in [0.25, 0.3) is 10.0 Å². The smallest absolute Gasteiger partial charge is 0.333 e. The van der Waals surface area contributed by atoms with Crippen molar-refractivity contribution >= 4 is 10.0 Å². The van der Waals surface area contributed by atoms with E-state index in [9.17, 15) is 21.6 Å². The third kappa shape index (κ3) is 2.50. The van der Waals surface area contributed by atoms with Crippen LogP contribution in [-0.2, 0) is 10.0 Å². The van der Waals surface area contributed by atoms with E-state index in [2.05, 4.69) is 5.14 Å². The Balaban J connectivity index is 4.56. The number of hydrogen-bond donors (Lipinski definition) is 2. The number of primary sulfonamides is 1. The Bertz CT molecular complexity index is 206. The van der Waals surface area contributed by atoms with E-state index in [0.717, 1.165) is 0 Å². The van der Waals surface area contributed by atoms with E-state index in [-0.39, 0.29) is 0 Å². The largest absolute Gasteiger partial charge is 0.400 e. The molecular formula is C2H4F3NO3S. The first-order valence-corrected chi connectivity index (χ1v) is 3.52. The number of nitrogens with two attached hydrogens (primary N) is 1. The van der Waals surface area contributed by atoms with Gasteiger partial charge in [0.15, 0.2) is 0 Å². The van der Waals surface area contributed by atoms with Gasteiger partial charge in [-0.25, -0.2) is 17.9 Å². The summed E-state index contributed by atoms with van der Waals surface area (Å²) in [4.78, 5) is 0. The number of sulfonamides is 1. The van der Waals surface area contributed by atoms with E-state index in [0.29, 0.717) is 0 Å². The van der Waals surface area contributed by atoms with Crippen LogP contribution < -0.4 is 5.14 Å². The Labute approximate surface area is 54.5 Å². The average molecular weight is 179 g/mol. The molecule has 0 amide bonds. The Morgan fingerprint density at radius 2 is 1.80 bits per heavy atom. The molecule has 0 spiro atoms. The van der Waals surface area contributed by atoms with Crippen molar-refractivity contribution in [2.45, 2.75) is 11.6 Å². The van der Waals surface area contributed by atoms with Gasteiger partial charge in [0.1, 0.15) is 0 Å². The van der Waals surface area contributed by atoms with Gasteiger partial charge in [-0.15, -0.1) is 0 Å². The summed E-state index contributed by atoms with van der Waals surface area (Å²) in [5.74, 6) is 0. The summed E-state index contributed by atoms with van der Waals surface area (Å²) in [5, 5.41) is 11.4. The highest BCUT2D eigenvalue weighted by molar-refractivity contribution is 7.89. The molecule has 0 bridgehead atoms. The third-order valence-electron chi connectivity index (χ3n) is 0.562. The van der Waals surface area contributed by atoms with Gasteiger partial charge in [0, 0.05) is 0 Å². The summed E-state index contributed by atoms with van der Waals surface area (Å²) in [7, 11) is -5.03. The van der Waals surface area contributed by atoms with E-state index in [1.807, 2.05) is 0 Å². The highest BCUT2D eigenvalue weighted by Crippen LogP contribution is 2.20. The molecule has 10 heavy (non-hydrogen) atoms. The minimum Gasteiger partial charge on any atom is -0.333 e. The van der Waals surface area contributed by atoms with Crippen molar-refractivity contribution in [2.75, 3.05) is 0 Å². The zero-order chi connectivity index (χ0) is 8.58. The summed E-state index contributed by atoms with van der Waals surface area (Å²) in [6, 6.07) is 0. The predicted molar refractivity (Wildman–Crippen MR) is 25.2 cm³/mol. The lowest BCUT2D eigenvalue weighted by atomic mass is 10.7. The maximum atomic E-state index is 11.7. The second-order valence-corrected chi connectivity index (χ2v) is 3.08. The van der Waals surface area contributed by atoms with Crippen LogP contribution in [0.25, 0.3) is 0 Å². The highest BCUT2D eigenvalue weighted by atomic mass is 32.2. The molecule has 62 valence electrons. The van der Waals surface area contributed by atoms with E-state index in [1.165, 1.54) is 0 Å². The van der Waals surface area contributed by atoms with Crippen molar-refractivity contribution in [3.8, 4) is 0 Å². The van der Waals surface area contributed by atoms with E-state index >= 15 is 0 Å². The molecule has 0 rings (SSSR count). The lowest BCUT2D eigenvalue weighted by molar-refractivity contribution is -0.220. The minimum absolute atomic E-state index is 3.76. The van der Waals surface area contributed by atoms with Crippen LogP contribution in [0.5, 0.6) is 0 Å². The Morgan fingerprint density at radius 3 is 1.80 bits per heavy atom. The molecule has 0 aliphatic heterocycles. The molecule has 0 aliphatic carbocycles. The number of halogens is 3. The van der Waals surface area contributed by atoms with Crippen LogP contribution >= 0.6 is 0 Å². The lowest BCUT2D eigenvalue weighted by Crippen LogP contribution is -2.40. The molecule has 0 saturated heterocycles. The van der Waals surface area contributed by atoms with Crippen LogP contribution in [0, 0.1) is 0 Å². The topological polar surface area (TPSA) is 80.4 Å². The molecule has 1 atom stereocenters. The Morgan fingerprint density at radius 1 is 1.50 bits per heavy atom. The van der Waals surface area contributed by atoms with Gasteiger partial charge in [-0.3, -0.25) is 0 Å². The molecular weight excluding hydrogens is 175 g/mol. The standard InChI is InChI=1S/C2H4F3NO3S/c3-1(2(4,5)7)10(6,8)9/h1,7H,(H2,6,8,9). The van der Waals surface area contributed by atoms with E-state index in [4.69, 9.17) is 5.11 Å². The molecule has 0 heterocycles. The normalized spacial score (nSPS) is 16.9. The van der Waals surface area contributed by atoms with Gasteiger partial charge in [-0.05, 0) is 0 Å². The van der Waals surface area contributed by atoms with Crippen molar-refractivity contribution in [1.29, 1.82) is 0 Å². The highest BCUT2D eigenvalue weighted by Gasteiger charge is 2.45. The zero-order valence-corrected chi connectivity index (χ0v) is 5.28. The second-order valence-electron chi connectivity index (χ2n) is 1.49. The fourth-order valence-corrected chi connectivity index (χ4v) is 0.593. The summed E-state index contributed by atoms with van der Waals surface area (Å²) in [5.41, 5.74) is -3.76. The van der Waals surface area contributed by atoms with Crippen LogP contribution in [0.2, 0.25) is 0 Å². The number of aliphatic hydroxyl groups is 1. The van der Waals surface area contributed by atoms with E-state index < -0.39 is 21.6 Å². The summed E-state index contributed by atoms with van der Waals surface area (Å²) < 4.78 is 53.9. The molecule has 4 nitrogen and oxygen atoms in total. The first-order chi connectivity index (χ1) is 4.15. The zero-order valence-electron chi connectivity index (χ0n) is 4.46. The van der Waals surface area contributed by atoms with Crippen molar-refractivity contribution < 1.29 is 26.7 Å².